The van der Waals surface area contributed by atoms with Crippen LogP contribution in [0.15, 0.2) is 0 Å². The van der Waals surface area contributed by atoms with Crippen molar-refractivity contribution in [2.24, 2.45) is 5.92 Å². The minimum absolute atomic E-state index is 0.330. The van der Waals surface area contributed by atoms with Gasteiger partial charge in [-0.3, -0.25) is 0 Å². The Morgan fingerprint density at radius 3 is 2.15 bits per heavy atom. The van der Waals surface area contributed by atoms with Gasteiger partial charge in [0.25, 0.3) is 0 Å². The molecule has 1 rings (SSSR count). The first-order valence-electron chi connectivity index (χ1n) is 5.03. The van der Waals surface area contributed by atoms with E-state index in [0.717, 1.165) is 12.8 Å². The van der Waals surface area contributed by atoms with Crippen LogP contribution in [0.1, 0.15) is 44.9 Å². The fourth-order valence-electron chi connectivity index (χ4n) is 1.76. The number of aliphatic carboxylic acids is 1. The van der Waals surface area contributed by atoms with E-state index in [-0.39, 0.29) is 0 Å². The van der Waals surface area contributed by atoms with Crippen LogP contribution in [0.5, 0.6) is 0 Å². The summed E-state index contributed by atoms with van der Waals surface area (Å²) in [6, 6.07) is 0. The highest BCUT2D eigenvalue weighted by Crippen LogP contribution is 2.21. The van der Waals surface area contributed by atoms with E-state index in [1.807, 2.05) is 0 Å². The summed E-state index contributed by atoms with van der Waals surface area (Å²) in [6.07, 6.45) is 8.48. The van der Waals surface area contributed by atoms with E-state index in [2.05, 4.69) is 11.8 Å². The van der Waals surface area contributed by atoms with Gasteiger partial charge in [0.05, 0.1) is 0 Å². The first-order chi connectivity index (χ1) is 6.29. The highest BCUT2D eigenvalue weighted by molar-refractivity contribution is 5.86. The van der Waals surface area contributed by atoms with E-state index in [4.69, 9.17) is 5.11 Å². The van der Waals surface area contributed by atoms with Gasteiger partial charge in [-0.25, -0.2) is 4.79 Å². The molecular weight excluding hydrogens is 164 g/mol. The lowest BCUT2D eigenvalue weighted by Gasteiger charge is -2.13. The van der Waals surface area contributed by atoms with Crippen molar-refractivity contribution >= 4 is 5.97 Å². The van der Waals surface area contributed by atoms with Crippen LogP contribution in [0.3, 0.4) is 0 Å². The van der Waals surface area contributed by atoms with Gasteiger partial charge in [-0.2, -0.15) is 0 Å². The Kier molecular flexibility index (Phi) is 4.39. The Morgan fingerprint density at radius 2 is 1.62 bits per heavy atom. The molecule has 1 fully saturated rings. The Morgan fingerprint density at radius 1 is 1.08 bits per heavy atom. The van der Waals surface area contributed by atoms with Gasteiger partial charge in [0.1, 0.15) is 0 Å². The number of hydrogen-bond acceptors (Lipinski definition) is 1. The van der Waals surface area contributed by atoms with Crippen LogP contribution in [-0.4, -0.2) is 11.1 Å². The van der Waals surface area contributed by atoms with Crippen molar-refractivity contribution in [3.63, 3.8) is 0 Å². The van der Waals surface area contributed by atoms with Crippen LogP contribution >= 0.6 is 0 Å². The first-order valence-corrected chi connectivity index (χ1v) is 5.03. The van der Waals surface area contributed by atoms with Gasteiger partial charge in [-0.15, -0.1) is 0 Å². The zero-order chi connectivity index (χ0) is 9.52. The van der Waals surface area contributed by atoms with Crippen LogP contribution in [0.4, 0.5) is 0 Å². The molecule has 72 valence electrons. The summed E-state index contributed by atoms with van der Waals surface area (Å²) in [6.45, 7) is 0. The highest BCUT2D eigenvalue weighted by Gasteiger charge is 2.08. The summed E-state index contributed by atoms with van der Waals surface area (Å²) in [5.74, 6) is 4.40. The molecule has 0 aromatic rings. The van der Waals surface area contributed by atoms with E-state index in [9.17, 15) is 4.79 Å². The molecule has 0 amide bonds. The lowest BCUT2D eigenvalue weighted by Crippen LogP contribution is -2.02. The van der Waals surface area contributed by atoms with Crippen molar-refractivity contribution in [2.75, 3.05) is 0 Å². The quantitative estimate of drug-likeness (QED) is 0.581. The maximum atomic E-state index is 10.2. The maximum Gasteiger partial charge on any atom is 0.381 e. The number of carbonyl (C=O) groups is 1. The molecule has 0 spiro atoms. The van der Waals surface area contributed by atoms with Crippen LogP contribution in [-0.2, 0) is 4.79 Å². The third kappa shape index (κ3) is 4.57. The van der Waals surface area contributed by atoms with Crippen molar-refractivity contribution in [1.29, 1.82) is 0 Å². The first kappa shape index (κ1) is 10.1. The van der Waals surface area contributed by atoms with E-state index < -0.39 is 5.97 Å². The minimum Gasteiger partial charge on any atom is -0.472 e. The molecule has 2 nitrogen and oxygen atoms in total. The number of rotatable bonds is 0. The molecule has 1 aliphatic rings. The summed E-state index contributed by atoms with van der Waals surface area (Å²) in [5.41, 5.74) is 0. The van der Waals surface area contributed by atoms with Gasteiger partial charge in [0.2, 0.25) is 0 Å². The lowest BCUT2D eigenvalue weighted by molar-refractivity contribution is -0.130. The van der Waals surface area contributed by atoms with E-state index in [1.165, 1.54) is 32.1 Å². The molecule has 0 aromatic carbocycles. The standard InChI is InChI=1S/C11H16O2/c12-11(13)9-8-10-6-4-2-1-3-5-7-10/h10H,1-7H2,(H,12,13). The molecule has 0 heterocycles. The van der Waals surface area contributed by atoms with E-state index in [1.54, 1.807) is 0 Å². The fraction of sp³-hybridized carbons (Fsp3) is 0.727. The van der Waals surface area contributed by atoms with Gasteiger partial charge in [0, 0.05) is 11.8 Å². The van der Waals surface area contributed by atoms with Crippen LogP contribution in [0.25, 0.3) is 0 Å². The smallest absolute Gasteiger partial charge is 0.381 e. The van der Waals surface area contributed by atoms with Crippen molar-refractivity contribution in [2.45, 2.75) is 44.9 Å². The zero-order valence-electron chi connectivity index (χ0n) is 7.88. The van der Waals surface area contributed by atoms with Crippen molar-refractivity contribution < 1.29 is 9.90 Å². The molecule has 0 atom stereocenters. The number of carboxylic acids is 1. The monoisotopic (exact) mass is 180 g/mol. The predicted octanol–water partition coefficient (Wildman–Crippen LogP) is 2.43. The van der Waals surface area contributed by atoms with Gasteiger partial charge >= 0.3 is 5.97 Å². The van der Waals surface area contributed by atoms with E-state index in [0.29, 0.717) is 5.92 Å². The molecule has 0 aromatic heterocycles. The third-order valence-electron chi connectivity index (χ3n) is 2.49. The summed E-state index contributed by atoms with van der Waals surface area (Å²) in [5, 5.41) is 8.40. The Hall–Kier alpha value is -0.970. The molecule has 13 heavy (non-hydrogen) atoms. The van der Waals surface area contributed by atoms with Crippen LogP contribution in [0.2, 0.25) is 0 Å². The average Bonchev–Trinajstić information content (AvgIpc) is 2.01. The van der Waals surface area contributed by atoms with Gasteiger partial charge < -0.3 is 5.11 Å². The molecule has 1 aliphatic carbocycles. The second kappa shape index (κ2) is 5.64. The second-order valence-electron chi connectivity index (χ2n) is 3.62. The SMILES string of the molecule is O=C(O)C#CC1CCCCCCC1. The van der Waals surface area contributed by atoms with Gasteiger partial charge in [-0.05, 0) is 12.8 Å². The topological polar surface area (TPSA) is 37.3 Å². The van der Waals surface area contributed by atoms with Gasteiger partial charge in [-0.1, -0.05) is 38.0 Å². The molecule has 0 unspecified atom stereocenters. The molecule has 2 heteroatoms. The number of hydrogen-bond donors (Lipinski definition) is 1. The molecule has 0 aliphatic heterocycles. The molecule has 0 radical (unpaired) electrons. The van der Waals surface area contributed by atoms with Crippen molar-refractivity contribution in [3.8, 4) is 11.8 Å². The average molecular weight is 180 g/mol. The summed E-state index contributed by atoms with van der Waals surface area (Å²) < 4.78 is 0. The molecule has 1 N–H and O–H groups in total. The maximum absolute atomic E-state index is 10.2. The summed E-state index contributed by atoms with van der Waals surface area (Å²) in [7, 11) is 0. The van der Waals surface area contributed by atoms with Crippen LogP contribution < -0.4 is 0 Å². The molecule has 0 bridgehead atoms. The largest absolute Gasteiger partial charge is 0.472 e. The zero-order valence-corrected chi connectivity index (χ0v) is 7.88. The summed E-state index contributed by atoms with van der Waals surface area (Å²) >= 11 is 0. The molecule has 1 saturated carbocycles. The second-order valence-corrected chi connectivity index (χ2v) is 3.62. The van der Waals surface area contributed by atoms with Crippen molar-refractivity contribution in [3.05, 3.63) is 0 Å². The Bertz CT molecular complexity index is 214. The fourth-order valence-corrected chi connectivity index (χ4v) is 1.76. The Labute approximate surface area is 79.3 Å². The Balaban J connectivity index is 2.38. The predicted molar refractivity (Wildman–Crippen MR) is 51.2 cm³/mol. The lowest BCUT2D eigenvalue weighted by atomic mass is 9.92. The normalized spacial score (nSPS) is 19.4. The molecular formula is C11H16O2. The molecule has 0 saturated heterocycles. The number of carboxylic acid groups (broad SMARTS) is 1. The van der Waals surface area contributed by atoms with E-state index >= 15 is 0 Å². The summed E-state index contributed by atoms with van der Waals surface area (Å²) in [4.78, 5) is 10.2. The highest BCUT2D eigenvalue weighted by atomic mass is 16.4. The minimum atomic E-state index is -0.998. The van der Waals surface area contributed by atoms with Crippen LogP contribution in [0, 0.1) is 17.8 Å². The third-order valence-corrected chi connectivity index (χ3v) is 2.49. The van der Waals surface area contributed by atoms with Crippen molar-refractivity contribution in [1.82, 2.24) is 0 Å². The van der Waals surface area contributed by atoms with Gasteiger partial charge in [0.15, 0.2) is 0 Å².